The smallest absolute Gasteiger partial charge is 0.0462 e. The summed E-state index contributed by atoms with van der Waals surface area (Å²) in [6.07, 6.45) is 0. The molecule has 1 heteroatoms. The molecule has 0 saturated heterocycles. The quantitative estimate of drug-likeness (QED) is 0.155. The van der Waals surface area contributed by atoms with Crippen LogP contribution in [0.5, 0.6) is 0 Å². The first kappa shape index (κ1) is 30.4. The van der Waals surface area contributed by atoms with Gasteiger partial charge in [-0.25, -0.2) is 0 Å². The average Bonchev–Trinajstić information content (AvgIpc) is 3.22. The second-order valence-electron chi connectivity index (χ2n) is 13.0. The van der Waals surface area contributed by atoms with Crippen LogP contribution in [-0.2, 0) is 0 Å². The molecule has 0 amide bonds. The molecule has 240 valence electrons. The summed E-state index contributed by atoms with van der Waals surface area (Å²) in [4.78, 5) is 2.34. The van der Waals surface area contributed by atoms with Crippen molar-refractivity contribution in [2.24, 2.45) is 0 Å². The van der Waals surface area contributed by atoms with Crippen LogP contribution < -0.4 is 4.90 Å². The van der Waals surface area contributed by atoms with Gasteiger partial charge in [0, 0.05) is 17.1 Å². The summed E-state index contributed by atoms with van der Waals surface area (Å²) in [5.41, 5.74) is 13.0. The van der Waals surface area contributed by atoms with Gasteiger partial charge in [0.1, 0.15) is 0 Å². The summed E-state index contributed by atoms with van der Waals surface area (Å²) in [6.45, 7) is 0. The van der Waals surface area contributed by atoms with Gasteiger partial charge in [-0.3, -0.25) is 0 Å². The molecule has 9 aromatic carbocycles. The molecule has 0 unspecified atom stereocenters. The maximum atomic E-state index is 2.34. The monoisotopic (exact) mass is 649 g/mol. The molecule has 0 aliphatic rings. The highest BCUT2D eigenvalue weighted by Crippen LogP contribution is 2.38. The average molecular weight is 650 g/mol. The van der Waals surface area contributed by atoms with Crippen LogP contribution in [-0.4, -0.2) is 0 Å². The predicted molar refractivity (Wildman–Crippen MR) is 218 cm³/mol. The fraction of sp³-hybridized carbons (Fsp3) is 0. The predicted octanol–water partition coefficient (Wildman–Crippen LogP) is 14.1. The van der Waals surface area contributed by atoms with Gasteiger partial charge in [0.25, 0.3) is 0 Å². The Bertz CT molecular complexity index is 2570. The van der Waals surface area contributed by atoms with E-state index in [-0.39, 0.29) is 0 Å². The van der Waals surface area contributed by atoms with Crippen LogP contribution in [0, 0.1) is 0 Å². The Balaban J connectivity index is 1.05. The number of hydrogen-bond donors (Lipinski definition) is 0. The Morgan fingerprint density at radius 3 is 1.04 bits per heavy atom. The van der Waals surface area contributed by atoms with Crippen molar-refractivity contribution in [3.05, 3.63) is 212 Å². The standard InChI is InChI=1S/C50H35N/c1-3-9-36(10-4-1)38-15-17-39(18-16-38)41-23-30-47(31-24-41)51(46-28-21-40(22-29-46)37-11-5-2-6-12-37)48-32-25-42(26-33-48)44-27-34-50-45(35-44)20-19-43-13-7-8-14-49(43)50/h1-35H. The highest BCUT2D eigenvalue weighted by Gasteiger charge is 2.14. The van der Waals surface area contributed by atoms with Gasteiger partial charge >= 0.3 is 0 Å². The van der Waals surface area contributed by atoms with Crippen LogP contribution in [0.25, 0.3) is 66.1 Å². The van der Waals surface area contributed by atoms with Gasteiger partial charge in [-0.05, 0) is 109 Å². The molecule has 0 N–H and O–H groups in total. The van der Waals surface area contributed by atoms with Gasteiger partial charge in [-0.1, -0.05) is 170 Å². The summed E-state index contributed by atoms with van der Waals surface area (Å²) in [5, 5.41) is 5.11. The Morgan fingerprint density at radius 2 is 0.549 bits per heavy atom. The lowest BCUT2D eigenvalue weighted by atomic mass is 9.97. The van der Waals surface area contributed by atoms with Crippen molar-refractivity contribution < 1.29 is 0 Å². The first-order valence-corrected chi connectivity index (χ1v) is 17.5. The molecule has 0 bridgehead atoms. The fourth-order valence-electron chi connectivity index (χ4n) is 7.17. The summed E-state index contributed by atoms with van der Waals surface area (Å²) in [7, 11) is 0. The Hall–Kier alpha value is -6.70. The normalized spacial score (nSPS) is 11.1. The van der Waals surface area contributed by atoms with Crippen molar-refractivity contribution in [1.29, 1.82) is 0 Å². The molecular formula is C50H35N. The van der Waals surface area contributed by atoms with Gasteiger partial charge in [-0.2, -0.15) is 0 Å². The molecule has 0 atom stereocenters. The Kier molecular flexibility index (Phi) is 7.92. The van der Waals surface area contributed by atoms with Crippen LogP contribution in [0.15, 0.2) is 212 Å². The molecule has 0 aromatic heterocycles. The highest BCUT2D eigenvalue weighted by molar-refractivity contribution is 6.08. The number of hydrogen-bond acceptors (Lipinski definition) is 1. The van der Waals surface area contributed by atoms with Crippen LogP contribution in [0.3, 0.4) is 0 Å². The van der Waals surface area contributed by atoms with E-state index in [1.165, 1.54) is 66.1 Å². The van der Waals surface area contributed by atoms with E-state index in [1.807, 2.05) is 0 Å². The molecule has 1 nitrogen and oxygen atoms in total. The van der Waals surface area contributed by atoms with Crippen LogP contribution in [0.2, 0.25) is 0 Å². The lowest BCUT2D eigenvalue weighted by molar-refractivity contribution is 1.28. The molecule has 0 saturated carbocycles. The van der Waals surface area contributed by atoms with Crippen LogP contribution in [0.4, 0.5) is 17.1 Å². The number of fused-ring (bicyclic) bond motifs is 3. The minimum atomic E-state index is 1.11. The SMILES string of the molecule is c1ccc(-c2ccc(-c3ccc(N(c4ccc(-c5ccccc5)cc4)c4ccc(-c5ccc6c(ccc7ccccc76)c5)cc4)cc3)cc2)cc1. The highest BCUT2D eigenvalue weighted by atomic mass is 15.1. The maximum Gasteiger partial charge on any atom is 0.0462 e. The first-order chi connectivity index (χ1) is 25.3. The zero-order chi connectivity index (χ0) is 34.0. The van der Waals surface area contributed by atoms with E-state index in [0.717, 1.165) is 17.1 Å². The van der Waals surface area contributed by atoms with E-state index in [0.29, 0.717) is 0 Å². The number of nitrogens with zero attached hydrogens (tertiary/aromatic N) is 1. The molecule has 0 spiro atoms. The fourth-order valence-corrected chi connectivity index (χ4v) is 7.17. The van der Waals surface area contributed by atoms with E-state index in [4.69, 9.17) is 0 Å². The molecular weight excluding hydrogens is 615 g/mol. The van der Waals surface area contributed by atoms with Crippen molar-refractivity contribution in [3.8, 4) is 44.5 Å². The number of benzene rings is 9. The van der Waals surface area contributed by atoms with E-state index in [1.54, 1.807) is 0 Å². The lowest BCUT2D eigenvalue weighted by Crippen LogP contribution is -2.09. The third kappa shape index (κ3) is 6.07. The largest absolute Gasteiger partial charge is 0.311 e. The Labute approximate surface area is 299 Å². The second kappa shape index (κ2) is 13.3. The molecule has 0 aliphatic heterocycles. The Morgan fingerprint density at radius 1 is 0.216 bits per heavy atom. The van der Waals surface area contributed by atoms with Crippen molar-refractivity contribution >= 4 is 38.6 Å². The summed E-state index contributed by atoms with van der Waals surface area (Å²) in [6, 6.07) is 76.6. The molecule has 0 heterocycles. The second-order valence-corrected chi connectivity index (χ2v) is 13.0. The minimum absolute atomic E-state index is 1.11. The first-order valence-electron chi connectivity index (χ1n) is 17.5. The summed E-state index contributed by atoms with van der Waals surface area (Å²) in [5.74, 6) is 0. The van der Waals surface area contributed by atoms with Gasteiger partial charge in [-0.15, -0.1) is 0 Å². The third-order valence-corrected chi connectivity index (χ3v) is 9.89. The third-order valence-electron chi connectivity index (χ3n) is 9.89. The van der Waals surface area contributed by atoms with E-state index in [2.05, 4.69) is 217 Å². The van der Waals surface area contributed by atoms with Gasteiger partial charge in [0.15, 0.2) is 0 Å². The van der Waals surface area contributed by atoms with Crippen molar-refractivity contribution in [2.75, 3.05) is 4.90 Å². The van der Waals surface area contributed by atoms with Crippen LogP contribution >= 0.6 is 0 Å². The van der Waals surface area contributed by atoms with E-state index >= 15 is 0 Å². The van der Waals surface area contributed by atoms with Crippen molar-refractivity contribution in [2.45, 2.75) is 0 Å². The molecule has 51 heavy (non-hydrogen) atoms. The van der Waals surface area contributed by atoms with E-state index < -0.39 is 0 Å². The van der Waals surface area contributed by atoms with Crippen LogP contribution in [0.1, 0.15) is 0 Å². The van der Waals surface area contributed by atoms with Gasteiger partial charge < -0.3 is 4.90 Å². The number of rotatable bonds is 7. The zero-order valence-corrected chi connectivity index (χ0v) is 28.2. The molecule has 9 aromatic rings. The van der Waals surface area contributed by atoms with Crippen molar-refractivity contribution in [1.82, 2.24) is 0 Å². The minimum Gasteiger partial charge on any atom is -0.311 e. The summed E-state index contributed by atoms with van der Waals surface area (Å²) >= 11 is 0. The van der Waals surface area contributed by atoms with Crippen molar-refractivity contribution in [3.63, 3.8) is 0 Å². The topological polar surface area (TPSA) is 3.24 Å². The van der Waals surface area contributed by atoms with Gasteiger partial charge in [0.05, 0.1) is 0 Å². The zero-order valence-electron chi connectivity index (χ0n) is 28.2. The van der Waals surface area contributed by atoms with Gasteiger partial charge in [0.2, 0.25) is 0 Å². The summed E-state index contributed by atoms with van der Waals surface area (Å²) < 4.78 is 0. The van der Waals surface area contributed by atoms with E-state index in [9.17, 15) is 0 Å². The number of anilines is 3. The molecule has 9 rings (SSSR count). The maximum absolute atomic E-state index is 2.34. The molecule has 0 aliphatic carbocycles. The molecule has 0 radical (unpaired) electrons. The lowest BCUT2D eigenvalue weighted by Gasteiger charge is -2.26. The molecule has 0 fully saturated rings.